The molecule has 0 spiro atoms. The molecule has 0 aromatic heterocycles. The summed E-state index contributed by atoms with van der Waals surface area (Å²) in [6.07, 6.45) is 1.93. The van der Waals surface area contributed by atoms with Gasteiger partial charge in [0.2, 0.25) is 0 Å². The fourth-order valence-electron chi connectivity index (χ4n) is 3.77. The van der Waals surface area contributed by atoms with Gasteiger partial charge in [-0.15, -0.1) is 24.0 Å². The lowest BCUT2D eigenvalue weighted by Gasteiger charge is -2.39. The minimum Gasteiger partial charge on any atom is -0.381 e. The number of hydrogen-bond acceptors (Lipinski definition) is 2. The van der Waals surface area contributed by atoms with Crippen molar-refractivity contribution in [3.05, 3.63) is 71.0 Å². The largest absolute Gasteiger partial charge is 0.381 e. The average Bonchev–Trinajstić information content (AvgIpc) is 2.70. The Morgan fingerprint density at radius 3 is 2.43 bits per heavy atom. The number of aliphatic imine (C=N–C) groups is 1. The zero-order valence-electron chi connectivity index (χ0n) is 16.5. The third-order valence-corrected chi connectivity index (χ3v) is 5.39. The van der Waals surface area contributed by atoms with E-state index in [9.17, 15) is 4.39 Å². The van der Waals surface area contributed by atoms with Crippen LogP contribution in [-0.2, 0) is 16.7 Å². The fraction of sp³-hybridized carbons (Fsp3) is 0.409. The predicted molar refractivity (Wildman–Crippen MR) is 123 cm³/mol. The second-order valence-corrected chi connectivity index (χ2v) is 7.08. The second-order valence-electron chi connectivity index (χ2n) is 7.08. The van der Waals surface area contributed by atoms with E-state index in [-0.39, 0.29) is 35.2 Å². The van der Waals surface area contributed by atoms with Crippen molar-refractivity contribution >= 4 is 29.9 Å². The zero-order valence-corrected chi connectivity index (χ0v) is 18.8. The van der Waals surface area contributed by atoms with Crippen LogP contribution in [0.4, 0.5) is 4.39 Å². The average molecular weight is 497 g/mol. The van der Waals surface area contributed by atoms with Gasteiger partial charge in [0.05, 0.1) is 0 Å². The predicted octanol–water partition coefficient (Wildman–Crippen LogP) is 4.17. The van der Waals surface area contributed by atoms with Crippen LogP contribution in [0.25, 0.3) is 0 Å². The van der Waals surface area contributed by atoms with E-state index in [1.54, 1.807) is 19.2 Å². The van der Waals surface area contributed by atoms with E-state index in [4.69, 9.17) is 4.74 Å². The lowest BCUT2D eigenvalue weighted by molar-refractivity contribution is 0.0512. The molecule has 2 aromatic rings. The van der Waals surface area contributed by atoms with Gasteiger partial charge in [0.15, 0.2) is 5.96 Å². The first kappa shape index (κ1) is 22.6. The van der Waals surface area contributed by atoms with Gasteiger partial charge in [-0.1, -0.05) is 42.5 Å². The van der Waals surface area contributed by atoms with E-state index in [2.05, 4.69) is 46.8 Å². The van der Waals surface area contributed by atoms with Crippen LogP contribution in [0.3, 0.4) is 0 Å². The van der Waals surface area contributed by atoms with Crippen LogP contribution in [0.15, 0.2) is 53.5 Å². The monoisotopic (exact) mass is 497 g/mol. The van der Waals surface area contributed by atoms with Crippen LogP contribution in [0, 0.1) is 12.7 Å². The smallest absolute Gasteiger partial charge is 0.191 e. The molecule has 1 fully saturated rings. The Hall–Kier alpha value is -1.67. The number of nitrogens with zero attached hydrogens (tertiary/aromatic N) is 1. The molecule has 28 heavy (non-hydrogen) atoms. The molecule has 1 aliphatic heterocycles. The van der Waals surface area contributed by atoms with E-state index >= 15 is 0 Å². The molecule has 0 aliphatic carbocycles. The van der Waals surface area contributed by atoms with E-state index in [1.165, 1.54) is 17.2 Å². The Kier molecular flexibility index (Phi) is 8.69. The van der Waals surface area contributed by atoms with Gasteiger partial charge in [-0.05, 0) is 37.0 Å². The molecule has 0 unspecified atom stereocenters. The van der Waals surface area contributed by atoms with Crippen LogP contribution >= 0.6 is 24.0 Å². The third kappa shape index (κ3) is 5.44. The summed E-state index contributed by atoms with van der Waals surface area (Å²) in [7, 11) is 1.74. The highest BCUT2D eigenvalue weighted by atomic mass is 127. The Balaban J connectivity index is 0.00000280. The van der Waals surface area contributed by atoms with Crippen molar-refractivity contribution in [2.45, 2.75) is 31.7 Å². The Morgan fingerprint density at radius 1 is 1.07 bits per heavy atom. The number of nitrogens with one attached hydrogen (secondary N) is 2. The normalized spacial score (nSPS) is 16.2. The number of hydrogen-bond donors (Lipinski definition) is 2. The van der Waals surface area contributed by atoms with E-state index < -0.39 is 0 Å². The van der Waals surface area contributed by atoms with Crippen molar-refractivity contribution in [2.24, 2.45) is 4.99 Å². The fourth-order valence-corrected chi connectivity index (χ4v) is 3.77. The third-order valence-electron chi connectivity index (χ3n) is 5.39. The summed E-state index contributed by atoms with van der Waals surface area (Å²) < 4.78 is 19.5. The topological polar surface area (TPSA) is 45.7 Å². The second kappa shape index (κ2) is 10.8. The van der Waals surface area contributed by atoms with Crippen LogP contribution in [0.1, 0.15) is 29.5 Å². The minimum atomic E-state index is -0.207. The molecule has 1 aliphatic rings. The maximum Gasteiger partial charge on any atom is 0.191 e. The Bertz CT molecular complexity index is 791. The number of aryl methyl sites for hydroxylation is 1. The standard InChI is InChI=1S/C22H28FN3O.HI/c1-17-7-3-5-9-19(17)22(11-13-27-14-12-22)16-26-21(24-2)25-15-18-8-4-6-10-20(18)23;/h3-10H,11-16H2,1-2H3,(H2,24,25,26);1H. The van der Waals surface area contributed by atoms with Crippen molar-refractivity contribution in [2.75, 3.05) is 26.8 Å². The SMILES string of the molecule is CN=C(NCc1ccccc1F)NCC1(c2ccccc2C)CCOCC1.I. The Morgan fingerprint density at radius 2 is 1.75 bits per heavy atom. The molecular formula is C22H29FIN3O. The molecule has 2 aromatic carbocycles. The maximum atomic E-state index is 13.8. The molecule has 3 rings (SSSR count). The zero-order chi connectivity index (χ0) is 19.1. The Labute approximate surface area is 184 Å². The first-order valence-corrected chi connectivity index (χ1v) is 9.46. The van der Waals surface area contributed by atoms with Gasteiger partial charge in [0.25, 0.3) is 0 Å². The van der Waals surface area contributed by atoms with Crippen molar-refractivity contribution in [1.29, 1.82) is 0 Å². The van der Waals surface area contributed by atoms with Crippen LogP contribution in [0.2, 0.25) is 0 Å². The van der Waals surface area contributed by atoms with Gasteiger partial charge in [-0.25, -0.2) is 4.39 Å². The highest BCUT2D eigenvalue weighted by Gasteiger charge is 2.35. The number of rotatable bonds is 5. The van der Waals surface area contributed by atoms with Crippen molar-refractivity contribution in [1.82, 2.24) is 10.6 Å². The van der Waals surface area contributed by atoms with Gasteiger partial charge in [-0.2, -0.15) is 0 Å². The van der Waals surface area contributed by atoms with Gasteiger partial charge < -0.3 is 15.4 Å². The number of guanidine groups is 1. The van der Waals surface area contributed by atoms with Crippen molar-refractivity contribution in [3.8, 4) is 0 Å². The molecule has 1 saturated heterocycles. The van der Waals surface area contributed by atoms with Gasteiger partial charge in [-0.3, -0.25) is 4.99 Å². The van der Waals surface area contributed by atoms with E-state index in [0.717, 1.165) is 32.6 Å². The molecule has 0 amide bonds. The van der Waals surface area contributed by atoms with Crippen molar-refractivity contribution < 1.29 is 9.13 Å². The van der Waals surface area contributed by atoms with Crippen molar-refractivity contribution in [3.63, 3.8) is 0 Å². The van der Waals surface area contributed by atoms with Gasteiger partial charge in [0, 0.05) is 44.3 Å². The molecule has 1 heterocycles. The van der Waals surface area contributed by atoms with E-state index in [1.807, 2.05) is 6.07 Å². The maximum absolute atomic E-state index is 13.8. The highest BCUT2D eigenvalue weighted by molar-refractivity contribution is 14.0. The molecule has 152 valence electrons. The van der Waals surface area contributed by atoms with Crippen LogP contribution in [-0.4, -0.2) is 32.8 Å². The summed E-state index contributed by atoms with van der Waals surface area (Å²) in [4.78, 5) is 4.31. The lowest BCUT2D eigenvalue weighted by atomic mass is 9.72. The van der Waals surface area contributed by atoms with Crippen LogP contribution in [0.5, 0.6) is 0 Å². The number of ether oxygens (including phenoxy) is 1. The summed E-state index contributed by atoms with van der Waals surface area (Å²) in [6, 6.07) is 15.4. The first-order chi connectivity index (χ1) is 13.1. The summed E-state index contributed by atoms with van der Waals surface area (Å²) in [6.45, 7) is 4.84. The molecule has 0 bridgehead atoms. The summed E-state index contributed by atoms with van der Waals surface area (Å²) in [5.74, 6) is 0.471. The summed E-state index contributed by atoms with van der Waals surface area (Å²) in [5.41, 5.74) is 3.31. The molecule has 0 atom stereocenters. The molecule has 2 N–H and O–H groups in total. The quantitative estimate of drug-likeness (QED) is 0.371. The summed E-state index contributed by atoms with van der Waals surface area (Å²) >= 11 is 0. The molecule has 0 saturated carbocycles. The van der Waals surface area contributed by atoms with Gasteiger partial charge >= 0.3 is 0 Å². The molecule has 6 heteroatoms. The van der Waals surface area contributed by atoms with E-state index in [0.29, 0.717) is 18.1 Å². The summed E-state index contributed by atoms with van der Waals surface area (Å²) in [5, 5.41) is 6.67. The van der Waals surface area contributed by atoms with Gasteiger partial charge in [0.1, 0.15) is 5.82 Å². The molecule has 4 nitrogen and oxygen atoms in total. The molecular weight excluding hydrogens is 468 g/mol. The van der Waals surface area contributed by atoms with Crippen LogP contribution < -0.4 is 10.6 Å². The number of benzene rings is 2. The molecule has 0 radical (unpaired) electrons. The highest BCUT2D eigenvalue weighted by Crippen LogP contribution is 2.36. The number of halogens is 2. The first-order valence-electron chi connectivity index (χ1n) is 9.46. The minimum absolute atomic E-state index is 0. The lowest BCUT2D eigenvalue weighted by Crippen LogP contribution is -2.48.